The predicted molar refractivity (Wildman–Crippen MR) is 179 cm³/mol. The van der Waals surface area contributed by atoms with E-state index in [-0.39, 0.29) is 29.5 Å². The number of benzene rings is 4. The van der Waals surface area contributed by atoms with Gasteiger partial charge in [0.05, 0.1) is 10.6 Å². The highest BCUT2D eigenvalue weighted by atomic mass is 79.9. The Hall–Kier alpha value is -4.02. The molecule has 0 spiro atoms. The maximum atomic E-state index is 14.4. The van der Waals surface area contributed by atoms with E-state index in [1.807, 2.05) is 68.4 Å². The van der Waals surface area contributed by atoms with Gasteiger partial charge in [0.2, 0.25) is 11.8 Å². The van der Waals surface area contributed by atoms with Crippen molar-refractivity contribution in [2.45, 2.75) is 50.6 Å². The van der Waals surface area contributed by atoms with Crippen LogP contribution in [-0.2, 0) is 32.6 Å². The van der Waals surface area contributed by atoms with E-state index in [9.17, 15) is 22.4 Å². The Morgan fingerprint density at radius 1 is 0.867 bits per heavy atom. The van der Waals surface area contributed by atoms with Crippen LogP contribution in [0.2, 0.25) is 0 Å². The van der Waals surface area contributed by atoms with Crippen LogP contribution in [0.15, 0.2) is 112 Å². The SMILES string of the molecule is CCCCNC(=O)[C@@H](Cc1ccccc1)N(Cc1ccc(Br)cc1)C(=O)CN(c1ccc(F)cc1)S(=O)(=O)c1ccc(C)cc1. The Balaban J connectivity index is 1.78. The van der Waals surface area contributed by atoms with Crippen LogP contribution >= 0.6 is 15.9 Å². The summed E-state index contributed by atoms with van der Waals surface area (Å²) in [6.45, 7) is 3.77. The maximum absolute atomic E-state index is 14.4. The first-order chi connectivity index (χ1) is 21.6. The maximum Gasteiger partial charge on any atom is 0.264 e. The van der Waals surface area contributed by atoms with Crippen LogP contribution in [0.25, 0.3) is 0 Å². The number of rotatable bonds is 14. The second-order valence-corrected chi connectivity index (χ2v) is 13.6. The number of halogens is 2. The Kier molecular flexibility index (Phi) is 11.9. The molecular weight excluding hydrogens is 657 g/mol. The molecule has 2 amide bonds. The van der Waals surface area contributed by atoms with Crippen molar-refractivity contribution in [3.8, 4) is 0 Å². The van der Waals surface area contributed by atoms with Crippen molar-refractivity contribution in [3.05, 3.63) is 130 Å². The van der Waals surface area contributed by atoms with E-state index < -0.39 is 34.3 Å². The average Bonchev–Trinajstić information content (AvgIpc) is 3.03. The van der Waals surface area contributed by atoms with Gasteiger partial charge in [-0.3, -0.25) is 13.9 Å². The van der Waals surface area contributed by atoms with E-state index in [1.165, 1.54) is 29.2 Å². The molecule has 0 aromatic heterocycles. The van der Waals surface area contributed by atoms with Crippen molar-refractivity contribution in [1.82, 2.24) is 10.2 Å². The van der Waals surface area contributed by atoms with Crippen LogP contribution in [0.1, 0.15) is 36.5 Å². The molecule has 0 aliphatic rings. The van der Waals surface area contributed by atoms with Crippen molar-refractivity contribution in [1.29, 1.82) is 0 Å². The molecule has 0 fully saturated rings. The monoisotopic (exact) mass is 693 g/mol. The highest BCUT2D eigenvalue weighted by molar-refractivity contribution is 9.10. The molecule has 0 aliphatic heterocycles. The zero-order valence-corrected chi connectivity index (χ0v) is 27.7. The van der Waals surface area contributed by atoms with E-state index >= 15 is 0 Å². The highest BCUT2D eigenvalue weighted by Crippen LogP contribution is 2.26. The molecule has 4 aromatic carbocycles. The second kappa shape index (κ2) is 15.8. The van der Waals surface area contributed by atoms with Crippen LogP contribution in [0.3, 0.4) is 0 Å². The Bertz CT molecular complexity index is 1670. The smallest absolute Gasteiger partial charge is 0.264 e. The van der Waals surface area contributed by atoms with Gasteiger partial charge in [-0.05, 0) is 73.0 Å². The molecule has 0 unspecified atom stereocenters. The number of hydrogen-bond acceptors (Lipinski definition) is 4. The van der Waals surface area contributed by atoms with Crippen LogP contribution < -0.4 is 9.62 Å². The number of anilines is 1. The van der Waals surface area contributed by atoms with E-state index in [1.54, 1.807) is 12.1 Å². The summed E-state index contributed by atoms with van der Waals surface area (Å²) in [6.07, 6.45) is 1.88. The van der Waals surface area contributed by atoms with Gasteiger partial charge in [0, 0.05) is 24.0 Å². The molecule has 7 nitrogen and oxygen atoms in total. The van der Waals surface area contributed by atoms with Gasteiger partial charge in [-0.1, -0.05) is 89.4 Å². The summed E-state index contributed by atoms with van der Waals surface area (Å²) in [5, 5.41) is 2.97. The Labute approximate surface area is 273 Å². The van der Waals surface area contributed by atoms with Gasteiger partial charge in [0.1, 0.15) is 18.4 Å². The number of nitrogens with zero attached hydrogens (tertiary/aromatic N) is 2. The lowest BCUT2D eigenvalue weighted by atomic mass is 10.0. The number of nitrogens with one attached hydrogen (secondary N) is 1. The van der Waals surface area contributed by atoms with Gasteiger partial charge in [-0.25, -0.2) is 12.8 Å². The molecule has 0 heterocycles. The van der Waals surface area contributed by atoms with Crippen molar-refractivity contribution < 1.29 is 22.4 Å². The number of carbonyl (C=O) groups excluding carboxylic acids is 2. The first kappa shape index (κ1) is 33.9. The van der Waals surface area contributed by atoms with Gasteiger partial charge in [-0.2, -0.15) is 0 Å². The third kappa shape index (κ3) is 9.25. The lowest BCUT2D eigenvalue weighted by Gasteiger charge is -2.34. The van der Waals surface area contributed by atoms with Gasteiger partial charge >= 0.3 is 0 Å². The number of amides is 2. The Morgan fingerprint density at radius 2 is 1.51 bits per heavy atom. The second-order valence-electron chi connectivity index (χ2n) is 10.8. The fourth-order valence-corrected chi connectivity index (χ4v) is 6.50. The van der Waals surface area contributed by atoms with Crippen LogP contribution in [0.5, 0.6) is 0 Å². The summed E-state index contributed by atoms with van der Waals surface area (Å²) in [6, 6.07) is 27.1. The summed E-state index contributed by atoms with van der Waals surface area (Å²) >= 11 is 3.44. The lowest BCUT2D eigenvalue weighted by Crippen LogP contribution is -2.53. The van der Waals surface area contributed by atoms with Crippen molar-refractivity contribution >= 4 is 43.5 Å². The van der Waals surface area contributed by atoms with Crippen LogP contribution in [0.4, 0.5) is 10.1 Å². The zero-order valence-electron chi connectivity index (χ0n) is 25.3. The molecule has 4 rings (SSSR count). The minimum Gasteiger partial charge on any atom is -0.354 e. The third-order valence-electron chi connectivity index (χ3n) is 7.37. The average molecular weight is 695 g/mol. The summed E-state index contributed by atoms with van der Waals surface area (Å²) in [5.41, 5.74) is 2.61. The minimum atomic E-state index is -4.26. The fraction of sp³-hybridized carbons (Fsp3) is 0.257. The van der Waals surface area contributed by atoms with Gasteiger partial charge in [0.15, 0.2) is 0 Å². The standard InChI is InChI=1S/C35H37BrFN3O4S/c1-3-4-22-38-35(42)33(23-27-8-6-5-7-9-27)39(24-28-12-14-29(36)15-13-28)34(41)25-40(31-18-16-30(37)17-19-31)45(43,44)32-20-10-26(2)11-21-32/h5-21,33H,3-4,22-25H2,1-2H3,(H,38,42)/t33-/m1/s1. The normalized spacial score (nSPS) is 11.9. The Morgan fingerprint density at radius 3 is 2.13 bits per heavy atom. The molecule has 236 valence electrons. The topological polar surface area (TPSA) is 86.8 Å². The lowest BCUT2D eigenvalue weighted by molar-refractivity contribution is -0.140. The molecule has 1 atom stereocenters. The molecule has 4 aromatic rings. The van der Waals surface area contributed by atoms with Crippen molar-refractivity contribution in [2.24, 2.45) is 0 Å². The number of hydrogen-bond donors (Lipinski definition) is 1. The van der Waals surface area contributed by atoms with Crippen molar-refractivity contribution in [2.75, 3.05) is 17.4 Å². The molecule has 0 radical (unpaired) electrons. The first-order valence-corrected chi connectivity index (χ1v) is 17.0. The number of carbonyl (C=O) groups is 2. The molecule has 1 N–H and O–H groups in total. The summed E-state index contributed by atoms with van der Waals surface area (Å²) in [4.78, 5) is 29.6. The largest absolute Gasteiger partial charge is 0.354 e. The van der Waals surface area contributed by atoms with E-state index in [0.717, 1.165) is 50.4 Å². The number of aryl methyl sites for hydroxylation is 1. The summed E-state index contributed by atoms with van der Waals surface area (Å²) < 4.78 is 43.8. The molecule has 0 saturated carbocycles. The first-order valence-electron chi connectivity index (χ1n) is 14.8. The minimum absolute atomic E-state index is 0.0113. The van der Waals surface area contributed by atoms with Crippen LogP contribution in [0, 0.1) is 12.7 Å². The highest BCUT2D eigenvalue weighted by Gasteiger charge is 2.34. The molecule has 0 saturated heterocycles. The molecule has 45 heavy (non-hydrogen) atoms. The number of unbranched alkanes of at least 4 members (excludes halogenated alkanes) is 1. The molecule has 0 bridgehead atoms. The third-order valence-corrected chi connectivity index (χ3v) is 9.69. The van der Waals surface area contributed by atoms with Gasteiger partial charge < -0.3 is 10.2 Å². The summed E-state index contributed by atoms with van der Waals surface area (Å²) in [7, 11) is -4.26. The summed E-state index contributed by atoms with van der Waals surface area (Å²) in [5.74, 6) is -1.45. The fourth-order valence-electron chi connectivity index (χ4n) is 4.82. The van der Waals surface area contributed by atoms with E-state index in [4.69, 9.17) is 0 Å². The van der Waals surface area contributed by atoms with Gasteiger partial charge in [0.25, 0.3) is 10.0 Å². The molecule has 10 heteroatoms. The predicted octanol–water partition coefficient (Wildman–Crippen LogP) is 6.65. The van der Waals surface area contributed by atoms with E-state index in [2.05, 4.69) is 21.2 Å². The zero-order chi connectivity index (χ0) is 32.4. The molecule has 0 aliphatic carbocycles. The quantitative estimate of drug-likeness (QED) is 0.150. The van der Waals surface area contributed by atoms with Gasteiger partial charge in [-0.15, -0.1) is 0 Å². The van der Waals surface area contributed by atoms with Crippen molar-refractivity contribution in [3.63, 3.8) is 0 Å². The van der Waals surface area contributed by atoms with E-state index in [0.29, 0.717) is 6.54 Å². The molecular formula is C35H37BrFN3O4S. The van der Waals surface area contributed by atoms with Crippen LogP contribution in [-0.4, -0.2) is 44.3 Å². The number of sulfonamides is 1.